The third kappa shape index (κ3) is 4.05. The molecule has 176 valence electrons. The predicted molar refractivity (Wildman–Crippen MR) is 125 cm³/mol. The molecule has 1 atom stereocenters. The van der Waals surface area contributed by atoms with E-state index >= 15 is 0 Å². The maximum atomic E-state index is 13.0. The number of hydrogen-bond acceptors (Lipinski definition) is 6. The van der Waals surface area contributed by atoms with Crippen molar-refractivity contribution in [2.45, 2.75) is 57.5 Å². The fourth-order valence-electron chi connectivity index (χ4n) is 5.73. The quantitative estimate of drug-likeness (QED) is 0.478. The number of fused-ring (bicyclic) bond motifs is 4. The van der Waals surface area contributed by atoms with Crippen molar-refractivity contribution < 1.29 is 23.7 Å². The smallest absolute Gasteiger partial charge is 0.314 e. The Bertz CT molecular complexity index is 1040. The van der Waals surface area contributed by atoms with Crippen LogP contribution in [0, 0.1) is 5.92 Å². The largest absolute Gasteiger partial charge is 0.493 e. The molecule has 1 aliphatic carbocycles. The number of esters is 1. The molecule has 6 heteroatoms. The molecule has 33 heavy (non-hydrogen) atoms. The maximum Gasteiger partial charge on any atom is 0.314 e. The molecular weight excluding hydrogens is 418 g/mol. The molecule has 0 radical (unpaired) electrons. The van der Waals surface area contributed by atoms with Crippen molar-refractivity contribution in [3.63, 3.8) is 0 Å². The van der Waals surface area contributed by atoms with Gasteiger partial charge in [0.2, 0.25) is 0 Å². The molecule has 5 rings (SSSR count). The Morgan fingerprint density at radius 3 is 2.36 bits per heavy atom. The second-order valence-electron chi connectivity index (χ2n) is 9.34. The first-order valence-electron chi connectivity index (χ1n) is 12.0. The lowest BCUT2D eigenvalue weighted by Gasteiger charge is -2.42. The van der Waals surface area contributed by atoms with Gasteiger partial charge in [0.1, 0.15) is 0 Å². The Morgan fingerprint density at radius 2 is 1.64 bits per heavy atom. The van der Waals surface area contributed by atoms with E-state index in [1.165, 1.54) is 23.1 Å². The highest BCUT2D eigenvalue weighted by atomic mass is 16.6. The number of carbonyl (C=O) groups is 1. The van der Waals surface area contributed by atoms with E-state index in [0.717, 1.165) is 68.7 Å². The summed E-state index contributed by atoms with van der Waals surface area (Å²) >= 11 is 0. The Balaban J connectivity index is 1.47. The van der Waals surface area contributed by atoms with Gasteiger partial charge in [0.25, 0.3) is 0 Å². The standard InChI is InChI=1S/C27H33NO5/c1-30-23-10-9-18-13-22-20-15-25(32-3)24(31-2)14-19(20)11-12-28(22)16-21(18)26(23)33-27(29)17-7-5-4-6-8-17/h9-10,14-15,17,22H,4-8,11-13,16H2,1-3H3. The van der Waals surface area contributed by atoms with Gasteiger partial charge >= 0.3 is 5.97 Å². The van der Waals surface area contributed by atoms with E-state index < -0.39 is 0 Å². The van der Waals surface area contributed by atoms with Crippen LogP contribution in [0.25, 0.3) is 0 Å². The second-order valence-corrected chi connectivity index (χ2v) is 9.34. The number of carbonyl (C=O) groups excluding carboxylic acids is 1. The maximum absolute atomic E-state index is 13.0. The fraction of sp³-hybridized carbons (Fsp3) is 0.519. The molecule has 1 fully saturated rings. The van der Waals surface area contributed by atoms with Gasteiger partial charge in [-0.3, -0.25) is 9.69 Å². The Kier molecular flexibility index (Phi) is 6.19. The molecule has 0 N–H and O–H groups in total. The molecule has 0 saturated heterocycles. The first kappa shape index (κ1) is 22.1. The molecule has 1 unspecified atom stereocenters. The van der Waals surface area contributed by atoms with Crippen LogP contribution in [0.3, 0.4) is 0 Å². The minimum atomic E-state index is -0.107. The summed E-state index contributed by atoms with van der Waals surface area (Å²) in [4.78, 5) is 15.5. The van der Waals surface area contributed by atoms with Gasteiger partial charge in [0.15, 0.2) is 23.0 Å². The van der Waals surface area contributed by atoms with Crippen LogP contribution in [0.5, 0.6) is 23.0 Å². The zero-order chi connectivity index (χ0) is 22.9. The molecular formula is C27H33NO5. The highest BCUT2D eigenvalue weighted by Crippen LogP contribution is 2.46. The van der Waals surface area contributed by atoms with E-state index in [1.807, 2.05) is 6.07 Å². The molecule has 0 aromatic heterocycles. The minimum Gasteiger partial charge on any atom is -0.493 e. The zero-order valence-corrected chi connectivity index (χ0v) is 19.8. The van der Waals surface area contributed by atoms with Crippen LogP contribution in [0.4, 0.5) is 0 Å². The summed E-state index contributed by atoms with van der Waals surface area (Å²) in [6, 6.07) is 8.57. The molecule has 2 heterocycles. The number of methoxy groups -OCH3 is 3. The molecule has 0 spiro atoms. The van der Waals surface area contributed by atoms with Crippen molar-refractivity contribution in [2.24, 2.45) is 5.92 Å². The highest BCUT2D eigenvalue weighted by Gasteiger charge is 2.36. The summed E-state index contributed by atoms with van der Waals surface area (Å²) in [6.45, 7) is 1.68. The summed E-state index contributed by atoms with van der Waals surface area (Å²) in [5.74, 6) is 2.69. The van der Waals surface area contributed by atoms with Gasteiger partial charge in [-0.05, 0) is 60.6 Å². The first-order chi connectivity index (χ1) is 16.1. The average Bonchev–Trinajstić information content (AvgIpc) is 2.87. The van der Waals surface area contributed by atoms with Crippen LogP contribution in [-0.4, -0.2) is 38.7 Å². The van der Waals surface area contributed by atoms with Crippen LogP contribution in [-0.2, 0) is 24.2 Å². The predicted octanol–water partition coefficient (Wildman–Crippen LogP) is 4.85. The molecule has 2 aliphatic heterocycles. The van der Waals surface area contributed by atoms with Crippen molar-refractivity contribution >= 4 is 5.97 Å². The number of hydrogen-bond donors (Lipinski definition) is 0. The normalized spacial score (nSPS) is 20.3. The molecule has 0 bridgehead atoms. The lowest BCUT2D eigenvalue weighted by Crippen LogP contribution is -2.39. The third-order valence-electron chi connectivity index (χ3n) is 7.57. The second kappa shape index (κ2) is 9.26. The van der Waals surface area contributed by atoms with E-state index in [4.69, 9.17) is 18.9 Å². The Labute approximate surface area is 195 Å². The molecule has 0 amide bonds. The topological polar surface area (TPSA) is 57.2 Å². The third-order valence-corrected chi connectivity index (χ3v) is 7.57. The van der Waals surface area contributed by atoms with Gasteiger partial charge in [-0.1, -0.05) is 25.3 Å². The number of benzene rings is 2. The van der Waals surface area contributed by atoms with E-state index in [-0.39, 0.29) is 17.9 Å². The lowest BCUT2D eigenvalue weighted by atomic mass is 9.83. The summed E-state index contributed by atoms with van der Waals surface area (Å²) in [7, 11) is 5.00. The van der Waals surface area contributed by atoms with Crippen molar-refractivity contribution in [3.8, 4) is 23.0 Å². The van der Waals surface area contributed by atoms with Crippen LogP contribution in [0.1, 0.15) is 60.4 Å². The van der Waals surface area contributed by atoms with E-state index in [1.54, 1.807) is 21.3 Å². The van der Waals surface area contributed by atoms with Gasteiger partial charge in [-0.15, -0.1) is 0 Å². The molecule has 6 nitrogen and oxygen atoms in total. The van der Waals surface area contributed by atoms with Crippen LogP contribution in [0.15, 0.2) is 24.3 Å². The van der Waals surface area contributed by atoms with Crippen molar-refractivity contribution in [2.75, 3.05) is 27.9 Å². The zero-order valence-electron chi connectivity index (χ0n) is 19.8. The van der Waals surface area contributed by atoms with Crippen molar-refractivity contribution in [3.05, 3.63) is 46.5 Å². The summed E-state index contributed by atoms with van der Waals surface area (Å²) in [5.41, 5.74) is 4.90. The monoisotopic (exact) mass is 451 g/mol. The van der Waals surface area contributed by atoms with Gasteiger partial charge in [-0.2, -0.15) is 0 Å². The van der Waals surface area contributed by atoms with Crippen molar-refractivity contribution in [1.82, 2.24) is 4.90 Å². The molecule has 1 saturated carbocycles. The molecule has 3 aliphatic rings. The first-order valence-corrected chi connectivity index (χ1v) is 12.0. The number of rotatable bonds is 5. The fourth-order valence-corrected chi connectivity index (χ4v) is 5.73. The number of ether oxygens (including phenoxy) is 4. The lowest BCUT2D eigenvalue weighted by molar-refractivity contribution is -0.140. The van der Waals surface area contributed by atoms with Gasteiger partial charge in [0, 0.05) is 24.7 Å². The molecule has 2 aromatic rings. The summed E-state index contributed by atoms with van der Waals surface area (Å²) in [6.07, 6.45) is 7.07. The van der Waals surface area contributed by atoms with Gasteiger partial charge in [-0.25, -0.2) is 0 Å². The van der Waals surface area contributed by atoms with Crippen LogP contribution >= 0.6 is 0 Å². The summed E-state index contributed by atoms with van der Waals surface area (Å²) < 4.78 is 22.8. The Morgan fingerprint density at radius 1 is 0.909 bits per heavy atom. The Hall–Kier alpha value is -2.73. The average molecular weight is 452 g/mol. The van der Waals surface area contributed by atoms with Gasteiger partial charge in [0.05, 0.1) is 27.2 Å². The highest BCUT2D eigenvalue weighted by molar-refractivity contribution is 5.77. The van der Waals surface area contributed by atoms with Gasteiger partial charge < -0.3 is 18.9 Å². The summed E-state index contributed by atoms with van der Waals surface area (Å²) in [5, 5.41) is 0. The van der Waals surface area contributed by atoms with Crippen molar-refractivity contribution in [1.29, 1.82) is 0 Å². The van der Waals surface area contributed by atoms with E-state index in [2.05, 4.69) is 23.1 Å². The minimum absolute atomic E-state index is 0.0000369. The number of nitrogens with zero attached hydrogens (tertiary/aromatic N) is 1. The van der Waals surface area contributed by atoms with E-state index in [0.29, 0.717) is 11.5 Å². The van der Waals surface area contributed by atoms with E-state index in [9.17, 15) is 4.79 Å². The SMILES string of the molecule is COc1cc2c(cc1OC)C1Cc3ccc(OC)c(OC(=O)C4CCCCC4)c3CN1CC2. The molecule has 2 aromatic carbocycles. The van der Waals surface area contributed by atoms with Crippen LogP contribution in [0.2, 0.25) is 0 Å². The van der Waals surface area contributed by atoms with Crippen LogP contribution < -0.4 is 18.9 Å².